The van der Waals surface area contributed by atoms with Crippen molar-refractivity contribution >= 4 is 33.4 Å². The van der Waals surface area contributed by atoms with Crippen LogP contribution in [-0.2, 0) is 9.53 Å². The zero-order valence-corrected chi connectivity index (χ0v) is 11.0. The highest BCUT2D eigenvalue weighted by atomic mass is 79.9. The molecule has 0 heterocycles. The van der Waals surface area contributed by atoms with E-state index in [2.05, 4.69) is 20.7 Å². The average molecular weight is 316 g/mol. The number of hydrogen-bond donors (Lipinski definition) is 0. The summed E-state index contributed by atoms with van der Waals surface area (Å²) in [5, 5.41) is 10.8. The van der Waals surface area contributed by atoms with Gasteiger partial charge >= 0.3 is 5.97 Å². The summed E-state index contributed by atoms with van der Waals surface area (Å²) in [6.45, 7) is 1.73. The van der Waals surface area contributed by atoms with E-state index in [0.29, 0.717) is 0 Å². The molecule has 7 heteroatoms. The molecule has 0 radical (unpaired) electrons. The minimum absolute atomic E-state index is 0.127. The first kappa shape index (κ1) is 14.3. The largest absolute Gasteiger partial charge is 0.465 e. The highest BCUT2D eigenvalue weighted by Gasteiger charge is 2.30. The van der Waals surface area contributed by atoms with Crippen molar-refractivity contribution in [3.63, 3.8) is 0 Å². The Morgan fingerprint density at radius 2 is 2.06 bits per heavy atom. The Labute approximate surface area is 111 Å². The molecule has 0 bridgehead atoms. The monoisotopic (exact) mass is 315 g/mol. The number of ether oxygens (including phenoxy) is 1. The summed E-state index contributed by atoms with van der Waals surface area (Å²) in [6.07, 6.45) is 0. The van der Waals surface area contributed by atoms with Crippen LogP contribution in [0.1, 0.15) is 17.3 Å². The van der Waals surface area contributed by atoms with Crippen LogP contribution in [0.3, 0.4) is 0 Å². The van der Waals surface area contributed by atoms with Gasteiger partial charge in [-0.3, -0.25) is 19.7 Å². The van der Waals surface area contributed by atoms with E-state index in [1.807, 2.05) is 0 Å². The lowest BCUT2D eigenvalue weighted by Crippen LogP contribution is -2.27. The van der Waals surface area contributed by atoms with E-state index in [1.165, 1.54) is 24.3 Å². The van der Waals surface area contributed by atoms with E-state index in [-0.39, 0.29) is 17.9 Å². The molecule has 0 fully saturated rings. The van der Waals surface area contributed by atoms with Crippen LogP contribution in [-0.4, -0.2) is 28.1 Å². The molecular weight excluding hydrogens is 306 g/mol. The number of carbonyl (C=O) groups is 2. The van der Waals surface area contributed by atoms with Crippen LogP contribution in [0.2, 0.25) is 0 Å². The van der Waals surface area contributed by atoms with Gasteiger partial charge in [0.2, 0.25) is 0 Å². The van der Waals surface area contributed by atoms with Crippen molar-refractivity contribution in [1.82, 2.24) is 0 Å². The quantitative estimate of drug-likeness (QED) is 0.207. The molecule has 1 atom stereocenters. The molecule has 6 nitrogen and oxygen atoms in total. The van der Waals surface area contributed by atoms with Crippen molar-refractivity contribution < 1.29 is 19.2 Å². The summed E-state index contributed by atoms with van der Waals surface area (Å²) in [7, 11) is 0. The van der Waals surface area contributed by atoms with E-state index in [0.717, 1.165) is 0 Å². The Morgan fingerprint density at radius 3 is 2.61 bits per heavy atom. The second-order valence-corrected chi connectivity index (χ2v) is 4.17. The van der Waals surface area contributed by atoms with E-state index >= 15 is 0 Å². The summed E-state index contributed by atoms with van der Waals surface area (Å²) in [5.74, 6) is -1.46. The predicted octanol–water partition coefficient (Wildman–Crippen LogP) is 2.10. The summed E-state index contributed by atoms with van der Waals surface area (Å²) in [4.78, 5) is 32.2. The number of alkyl halides is 1. The lowest BCUT2D eigenvalue weighted by molar-refractivity contribution is -0.385. The Morgan fingerprint density at radius 1 is 1.44 bits per heavy atom. The Balaban J connectivity index is 3.04. The van der Waals surface area contributed by atoms with Gasteiger partial charge in [-0.2, -0.15) is 0 Å². The van der Waals surface area contributed by atoms with Gasteiger partial charge in [0, 0.05) is 6.07 Å². The molecule has 0 aromatic heterocycles. The molecule has 0 saturated carbocycles. The fraction of sp³-hybridized carbons (Fsp3) is 0.273. The number of nitro groups is 1. The van der Waals surface area contributed by atoms with E-state index in [4.69, 9.17) is 0 Å². The third kappa shape index (κ3) is 3.13. The van der Waals surface area contributed by atoms with E-state index in [9.17, 15) is 19.7 Å². The number of hydrogen-bond acceptors (Lipinski definition) is 5. The SMILES string of the molecule is CCOC(=O)[C@@H](Br)C(=O)c1ccccc1[N+](=O)[O-]. The Bertz CT molecular complexity index is 488. The third-order valence-electron chi connectivity index (χ3n) is 2.09. The molecule has 0 spiro atoms. The standard InChI is InChI=1S/C11H10BrNO5/c1-2-18-11(15)9(12)10(14)7-5-3-4-6-8(7)13(16)17/h3-6,9H,2H2,1H3/t9-/m0/s1. The maximum atomic E-state index is 11.9. The Hall–Kier alpha value is -1.76. The molecule has 0 saturated heterocycles. The molecule has 0 N–H and O–H groups in total. The highest BCUT2D eigenvalue weighted by Crippen LogP contribution is 2.22. The lowest BCUT2D eigenvalue weighted by Gasteiger charge is -2.08. The van der Waals surface area contributed by atoms with Gasteiger partial charge in [-0.15, -0.1) is 0 Å². The van der Waals surface area contributed by atoms with Crippen molar-refractivity contribution in [2.45, 2.75) is 11.8 Å². The second-order valence-electron chi connectivity index (χ2n) is 3.25. The first-order valence-electron chi connectivity index (χ1n) is 5.07. The number of para-hydroxylation sites is 1. The van der Waals surface area contributed by atoms with E-state index < -0.39 is 21.5 Å². The normalized spacial score (nSPS) is 11.7. The van der Waals surface area contributed by atoms with Gasteiger partial charge in [0.05, 0.1) is 17.1 Å². The number of halogens is 1. The lowest BCUT2D eigenvalue weighted by atomic mass is 10.1. The first-order chi connectivity index (χ1) is 8.49. The molecule has 0 aliphatic heterocycles. The number of nitro benzene ring substituents is 1. The van der Waals surface area contributed by atoms with Crippen LogP contribution in [0.15, 0.2) is 24.3 Å². The molecule has 0 unspecified atom stereocenters. The molecule has 0 aliphatic carbocycles. The smallest absolute Gasteiger partial charge is 0.327 e. The third-order valence-corrected chi connectivity index (χ3v) is 2.88. The maximum Gasteiger partial charge on any atom is 0.327 e. The molecule has 1 aromatic carbocycles. The molecule has 1 rings (SSSR count). The van der Waals surface area contributed by atoms with Crippen molar-refractivity contribution in [3.8, 4) is 0 Å². The summed E-state index contributed by atoms with van der Waals surface area (Å²) < 4.78 is 4.67. The summed E-state index contributed by atoms with van der Waals surface area (Å²) >= 11 is 2.88. The number of ketones is 1. The van der Waals surface area contributed by atoms with Crippen LogP contribution in [0, 0.1) is 10.1 Å². The van der Waals surface area contributed by atoms with Crippen molar-refractivity contribution in [1.29, 1.82) is 0 Å². The number of rotatable bonds is 5. The number of Topliss-reactive ketones (excluding diaryl/α,β-unsaturated/α-hetero) is 1. The van der Waals surface area contributed by atoms with Gasteiger partial charge < -0.3 is 4.74 Å². The van der Waals surface area contributed by atoms with E-state index in [1.54, 1.807) is 6.92 Å². The van der Waals surface area contributed by atoms with Crippen LogP contribution < -0.4 is 0 Å². The van der Waals surface area contributed by atoms with Crippen molar-refractivity contribution in [2.75, 3.05) is 6.61 Å². The zero-order valence-electron chi connectivity index (χ0n) is 9.46. The van der Waals surface area contributed by atoms with Gasteiger partial charge in [-0.05, 0) is 13.0 Å². The number of benzene rings is 1. The van der Waals surface area contributed by atoms with Crippen LogP contribution in [0.4, 0.5) is 5.69 Å². The molecule has 0 amide bonds. The fourth-order valence-electron chi connectivity index (χ4n) is 1.30. The molecule has 96 valence electrons. The van der Waals surface area contributed by atoms with Crippen molar-refractivity contribution in [3.05, 3.63) is 39.9 Å². The van der Waals surface area contributed by atoms with Gasteiger partial charge in [0.25, 0.3) is 5.69 Å². The van der Waals surface area contributed by atoms with Gasteiger partial charge in [-0.25, -0.2) is 0 Å². The highest BCUT2D eigenvalue weighted by molar-refractivity contribution is 9.10. The zero-order chi connectivity index (χ0) is 13.7. The van der Waals surface area contributed by atoms with Crippen LogP contribution in [0.25, 0.3) is 0 Å². The maximum absolute atomic E-state index is 11.9. The summed E-state index contributed by atoms with van der Waals surface area (Å²) in [6, 6.07) is 5.44. The number of esters is 1. The summed E-state index contributed by atoms with van der Waals surface area (Å²) in [5.41, 5.74) is -0.464. The topological polar surface area (TPSA) is 86.5 Å². The average Bonchev–Trinajstić information content (AvgIpc) is 2.37. The first-order valence-corrected chi connectivity index (χ1v) is 5.99. The van der Waals surface area contributed by atoms with Gasteiger partial charge in [0.1, 0.15) is 0 Å². The van der Waals surface area contributed by atoms with Gasteiger partial charge in [0.15, 0.2) is 10.6 Å². The Kier molecular flexibility index (Phi) is 4.96. The predicted molar refractivity (Wildman–Crippen MR) is 66.8 cm³/mol. The minimum atomic E-state index is -1.24. The fourth-order valence-corrected chi connectivity index (χ4v) is 1.68. The molecule has 1 aromatic rings. The van der Waals surface area contributed by atoms with Gasteiger partial charge in [-0.1, -0.05) is 28.1 Å². The molecule has 0 aliphatic rings. The number of carbonyl (C=O) groups excluding carboxylic acids is 2. The molecular formula is C11H10BrNO5. The second kappa shape index (κ2) is 6.25. The minimum Gasteiger partial charge on any atom is -0.465 e. The van der Waals surface area contributed by atoms with Crippen LogP contribution >= 0.6 is 15.9 Å². The van der Waals surface area contributed by atoms with Crippen LogP contribution in [0.5, 0.6) is 0 Å². The van der Waals surface area contributed by atoms with Crippen molar-refractivity contribution in [2.24, 2.45) is 0 Å². The number of nitrogens with zero attached hydrogens (tertiary/aromatic N) is 1. The molecule has 18 heavy (non-hydrogen) atoms.